The molecule has 32 heteroatoms. The van der Waals surface area contributed by atoms with Crippen LogP contribution in [0, 0.1) is 35.5 Å². The summed E-state index contributed by atoms with van der Waals surface area (Å²) in [5.74, 6) is -11.4. The van der Waals surface area contributed by atoms with Crippen LogP contribution >= 0.6 is 16.5 Å². The summed E-state index contributed by atoms with van der Waals surface area (Å²) < 4.78 is 21.2. The maximum atomic E-state index is 14.3. The predicted molar refractivity (Wildman–Crippen MR) is 393 cm³/mol. The zero-order chi connectivity index (χ0) is 73.9. The van der Waals surface area contributed by atoms with Crippen LogP contribution in [0.15, 0.2) is 60.7 Å². The molecule has 5 amide bonds. The van der Waals surface area contributed by atoms with E-state index in [4.69, 9.17) is 57.5 Å². The van der Waals surface area contributed by atoms with Gasteiger partial charge in [-0.3, -0.25) is 43.2 Å². The fourth-order valence-corrected chi connectivity index (χ4v) is 12.6. The molecule has 0 bridgehead atoms. The number of carbonyl (C=O) groups is 13. The Labute approximate surface area is 595 Å². The molecule has 10 radical (unpaired) electrons. The minimum Gasteiger partial charge on any atom is -0.0622 e. The molecule has 0 fully saturated rings. The molecule has 528 valence electrons. The van der Waals surface area contributed by atoms with Gasteiger partial charge in [-0.15, -0.1) is 0 Å². The second-order valence-electron chi connectivity index (χ2n) is 25.4. The Hall–Kier alpha value is -5.71. The van der Waals surface area contributed by atoms with E-state index < -0.39 is 148 Å². The van der Waals surface area contributed by atoms with Gasteiger partial charge in [-0.05, 0) is 57.2 Å². The standard InChI is InChI=1S/C67H98B8N5O17PS/c1-8-95-33-34-97-44-54(82)23-20-49(64(90)76-29-30-96-32-31-94-6)19-22-53(81)39-50(21-26-61(87)77-42-55(83)40-51(37-47-15-11-9-12-16-47)66(92)79-57(35-45(2)3)59(85)24-27-62(88)98(7)72)65(91)78-43-56(84)41-52(38-48-17-13-10-14-18-48)67(93)80-58(36-46(4)5)60(86)25-28-63(89)99(73-68,74-69)75(70)71/h9-18,45-46,49-52,57-58H,8,19-44H2,1-7H3,(H,76,90)(H,77,87)(H,78,91)(H,79,92)(H,80,93). The van der Waals surface area contributed by atoms with Gasteiger partial charge in [-0.1, -0.05) is 70.2 Å². The van der Waals surface area contributed by atoms with Gasteiger partial charge in [0, 0.05) is 83.0 Å². The molecule has 0 saturated heterocycles. The topological polar surface area (TPSA) is 319 Å². The maximum absolute atomic E-state index is 14.3. The second-order valence-corrected chi connectivity index (χ2v) is 30.2. The molecule has 0 aliphatic heterocycles. The molecule has 7 unspecified atom stereocenters. The van der Waals surface area contributed by atoms with E-state index >= 15 is 0 Å². The third kappa shape index (κ3) is 37.2. The minimum absolute atomic E-state index is 0.0264. The number of benzene rings is 2. The molecular formula is C67H98B8N5O17PS. The molecule has 0 spiro atoms. The fourth-order valence-electron chi connectivity index (χ4n) is 10.6. The predicted octanol–water partition coefficient (Wildman–Crippen LogP) is 3.33. The van der Waals surface area contributed by atoms with Gasteiger partial charge in [0.05, 0.1) is 45.6 Å². The Morgan fingerprint density at radius 1 is 0.525 bits per heavy atom. The molecule has 0 aliphatic carbocycles. The molecule has 2 aromatic carbocycles. The third-order valence-corrected chi connectivity index (χ3v) is 20.1. The smallest absolute Gasteiger partial charge is 0.0622 e. The van der Waals surface area contributed by atoms with E-state index in [2.05, 4.69) is 26.6 Å². The van der Waals surface area contributed by atoms with Crippen molar-refractivity contribution >= 4 is 148 Å². The van der Waals surface area contributed by atoms with E-state index in [0.29, 0.717) is 25.4 Å². The van der Waals surface area contributed by atoms with Gasteiger partial charge in [0.2, 0.25) is 23.6 Å². The molecule has 99 heavy (non-hydrogen) atoms. The van der Waals surface area contributed by atoms with Crippen LogP contribution in [0.5, 0.6) is 0 Å². The SMILES string of the molecule is [B]B=S(=B[B])(B([B])[B])C(=O)CCC(=O)C(CC(C)C)NC(=O)C(CC(=O)CNC(=O)C(CCC(=O)NCC(=O)CC(Cc1ccccc1)C(=O)NC(CC(C)C)C(=O)CCC(=O)P([B])C)CC(=O)CCC(CCC(=O)COCCOCC)C(=O)NCCOCCOC)Cc1ccccc1. The van der Waals surface area contributed by atoms with Gasteiger partial charge in [0.15, 0.2) is 17.3 Å². The average Bonchev–Trinajstić information content (AvgIpc) is 0.833. The summed E-state index contributed by atoms with van der Waals surface area (Å²) in [5, 5.41) is 13.1. The van der Waals surface area contributed by atoms with Crippen LogP contribution in [0.25, 0.3) is 0 Å². The van der Waals surface area contributed by atoms with Crippen molar-refractivity contribution in [3.8, 4) is 0 Å². The van der Waals surface area contributed by atoms with Gasteiger partial charge in [-0.25, -0.2) is 0 Å². The van der Waals surface area contributed by atoms with Crippen LogP contribution in [0.3, 0.4) is 0 Å². The van der Waals surface area contributed by atoms with E-state index in [0.717, 1.165) is 17.7 Å². The summed E-state index contributed by atoms with van der Waals surface area (Å²) in [4.78, 5) is 178. The molecule has 0 aromatic heterocycles. The average molecular weight is 1400 g/mol. The molecule has 22 nitrogen and oxygen atoms in total. The third-order valence-electron chi connectivity index (χ3n) is 16.3. The van der Waals surface area contributed by atoms with Crippen molar-refractivity contribution < 1.29 is 81.3 Å². The molecule has 7 atom stereocenters. The number of nitrogens with one attached hydrogen (secondary N) is 5. The van der Waals surface area contributed by atoms with E-state index in [1.54, 1.807) is 67.3 Å². The summed E-state index contributed by atoms with van der Waals surface area (Å²) in [6.07, 6.45) is -2.39. The number of amides is 5. The van der Waals surface area contributed by atoms with Crippen molar-refractivity contribution in [1.82, 2.24) is 26.6 Å². The quantitative estimate of drug-likeness (QED) is 0.0360. The first-order valence-corrected chi connectivity index (χ1v) is 37.6. The summed E-state index contributed by atoms with van der Waals surface area (Å²) in [6, 6.07) is 17.8. The van der Waals surface area contributed by atoms with Crippen molar-refractivity contribution in [2.45, 2.75) is 156 Å². The van der Waals surface area contributed by atoms with Crippen molar-refractivity contribution in [2.75, 3.05) is 79.7 Å². The molecule has 2 rings (SSSR count). The van der Waals surface area contributed by atoms with Gasteiger partial charge in [0.1, 0.15) is 25.5 Å². The number of methoxy groups -OCH3 is 1. The number of rotatable bonds is 55. The zero-order valence-corrected chi connectivity index (χ0v) is 60.6. The van der Waals surface area contributed by atoms with Gasteiger partial charge < -0.3 is 40.2 Å². The summed E-state index contributed by atoms with van der Waals surface area (Å²) in [5.41, 5.74) is 1.17. The van der Waals surface area contributed by atoms with Crippen LogP contribution in [-0.4, -0.2) is 223 Å². The van der Waals surface area contributed by atoms with E-state index in [-0.39, 0.29) is 152 Å². The van der Waals surface area contributed by atoms with Gasteiger partial charge >= 0.3 is 193 Å². The Bertz CT molecular complexity index is 3060. The Balaban J connectivity index is 2.46. The molecule has 2 aromatic rings. The zero-order valence-electron chi connectivity index (χ0n) is 58.9. The Morgan fingerprint density at radius 3 is 1.47 bits per heavy atom. The van der Waals surface area contributed by atoms with Crippen LogP contribution in [-0.2, 0) is 94.1 Å². The normalized spacial score (nSPS) is 13.4. The van der Waals surface area contributed by atoms with Crippen molar-refractivity contribution in [3.05, 3.63) is 71.8 Å². The molecule has 0 saturated carbocycles. The van der Waals surface area contributed by atoms with Crippen LogP contribution in [0.1, 0.15) is 142 Å². The van der Waals surface area contributed by atoms with Gasteiger partial charge in [0.25, 0.3) is 0 Å². The first-order valence-electron chi connectivity index (χ1n) is 33.9. The Kier molecular flexibility index (Phi) is 45.7. The molecule has 5 N–H and O–H groups in total. The van der Waals surface area contributed by atoms with Crippen LogP contribution in [0.4, 0.5) is 0 Å². The summed E-state index contributed by atoms with van der Waals surface area (Å²) in [6.45, 7) is 11.4. The first-order chi connectivity index (χ1) is 47.1. The number of hydrogen-bond acceptors (Lipinski definition) is 17. The summed E-state index contributed by atoms with van der Waals surface area (Å²) in [7, 11) is 26.4. The molecular weight excluding hydrogens is 1300 g/mol. The van der Waals surface area contributed by atoms with Crippen molar-refractivity contribution in [2.24, 2.45) is 35.5 Å². The van der Waals surface area contributed by atoms with Crippen molar-refractivity contribution in [1.29, 1.82) is 0 Å². The van der Waals surface area contributed by atoms with Gasteiger partial charge in [-0.2, -0.15) is 0 Å². The van der Waals surface area contributed by atoms with Crippen LogP contribution < -0.4 is 26.6 Å². The minimum atomic E-state index is -2.77. The summed E-state index contributed by atoms with van der Waals surface area (Å²) >= 11 is 0. The number of Topliss-reactive ketones (excluding diaryl/α,β-unsaturated/α-hetero) is 6. The number of hydrogen-bond donors (Lipinski definition) is 5. The second kappa shape index (κ2) is 50.6. The van der Waals surface area contributed by atoms with E-state index in [1.807, 2.05) is 34.6 Å². The van der Waals surface area contributed by atoms with E-state index in [1.165, 1.54) is 7.11 Å². The first kappa shape index (κ1) is 89.4. The number of ketones is 6. The number of carbonyl (C=O) groups excluding carboxylic acids is 13. The van der Waals surface area contributed by atoms with Crippen molar-refractivity contribution in [3.63, 3.8) is 0 Å². The molecule has 0 aliphatic rings. The fraction of sp³-hybridized carbons (Fsp3) is 0.627. The number of ether oxygens (including phenoxy) is 4. The molecule has 0 heterocycles. The monoisotopic (exact) mass is 1400 g/mol. The van der Waals surface area contributed by atoms with Crippen LogP contribution in [0.2, 0.25) is 0 Å². The Morgan fingerprint density at radius 2 is 0.990 bits per heavy atom. The van der Waals surface area contributed by atoms with E-state index in [9.17, 15) is 62.3 Å².